The van der Waals surface area contributed by atoms with E-state index in [1.807, 2.05) is 0 Å². The third kappa shape index (κ3) is 3.37. The van der Waals surface area contributed by atoms with Gasteiger partial charge in [0.2, 0.25) is 0 Å². The molecule has 0 unspecified atom stereocenters. The van der Waals surface area contributed by atoms with Crippen LogP contribution in [0.5, 0.6) is 0 Å². The molecule has 0 spiro atoms. The van der Waals surface area contributed by atoms with Crippen molar-refractivity contribution in [3.05, 3.63) is 0 Å². The predicted octanol–water partition coefficient (Wildman–Crippen LogP) is 2.18. The molecular formula is C5HF12NO4S2. The second kappa shape index (κ2) is 5.51. The summed E-state index contributed by atoms with van der Waals surface area (Å²) in [4.78, 5) is 0. The summed E-state index contributed by atoms with van der Waals surface area (Å²) in [5.41, 5.74) is -6.70. The number of hydrogen-bond acceptors (Lipinski definition) is 4. The summed E-state index contributed by atoms with van der Waals surface area (Å²) in [6.45, 7) is 0. The molecule has 0 atom stereocenters. The summed E-state index contributed by atoms with van der Waals surface area (Å²) in [5, 5.41) is -7.61. The van der Waals surface area contributed by atoms with E-state index in [0.717, 1.165) is 0 Å². The molecule has 0 heterocycles. The minimum absolute atomic E-state index is 1.07. The second-order valence-corrected chi connectivity index (χ2v) is 7.36. The predicted molar refractivity (Wildman–Crippen MR) is 47.9 cm³/mol. The largest absolute Gasteiger partial charge is 0.512 e. The van der Waals surface area contributed by atoms with E-state index in [1.54, 1.807) is 0 Å². The van der Waals surface area contributed by atoms with Gasteiger partial charge in [-0.05, 0) is 0 Å². The number of nitrogens with one attached hydrogen (secondary N) is 1. The van der Waals surface area contributed by atoms with Gasteiger partial charge in [-0.25, -0.2) is 16.8 Å². The molecule has 0 saturated heterocycles. The first-order valence-electron chi connectivity index (χ1n) is 4.50. The lowest BCUT2D eigenvalue weighted by Crippen LogP contribution is -2.65. The molecule has 24 heavy (non-hydrogen) atoms. The standard InChI is InChI=1S/C5HF12NO4S2/c6-1(7,3(10,11)12)2(8,9)4(13,14)23(19,20)18-24(21,22)5(15,16)17/h18H. The fourth-order valence-corrected chi connectivity index (χ4v) is 3.19. The highest BCUT2D eigenvalue weighted by atomic mass is 32.3. The van der Waals surface area contributed by atoms with Crippen molar-refractivity contribution in [3.8, 4) is 0 Å². The summed E-state index contributed by atoms with van der Waals surface area (Å²) < 4.78 is 187. The van der Waals surface area contributed by atoms with E-state index in [2.05, 4.69) is 0 Å². The Hall–Kier alpha value is -0.980. The van der Waals surface area contributed by atoms with Gasteiger partial charge in [0.05, 0.1) is 0 Å². The Morgan fingerprint density at radius 3 is 1.12 bits per heavy atom. The number of sulfonamides is 2. The fourth-order valence-electron chi connectivity index (χ4n) is 0.774. The summed E-state index contributed by atoms with van der Waals surface area (Å²) in [5.74, 6) is -15.6. The van der Waals surface area contributed by atoms with E-state index >= 15 is 0 Å². The number of alkyl halides is 12. The van der Waals surface area contributed by atoms with E-state index in [-0.39, 0.29) is 0 Å². The van der Waals surface area contributed by atoms with Crippen LogP contribution in [0.3, 0.4) is 0 Å². The highest BCUT2D eigenvalue weighted by molar-refractivity contribution is 8.05. The van der Waals surface area contributed by atoms with Crippen molar-refractivity contribution in [2.45, 2.75) is 28.8 Å². The van der Waals surface area contributed by atoms with Gasteiger partial charge in [-0.2, -0.15) is 52.7 Å². The molecule has 0 fully saturated rings. The molecule has 5 nitrogen and oxygen atoms in total. The first-order chi connectivity index (χ1) is 9.96. The number of rotatable bonds is 5. The Bertz CT molecular complexity index is 686. The minimum atomic E-state index is -7.92. The van der Waals surface area contributed by atoms with Crippen molar-refractivity contribution >= 4 is 20.0 Å². The number of hydrogen-bond donors (Lipinski definition) is 1. The zero-order valence-corrected chi connectivity index (χ0v) is 11.6. The molecule has 0 radical (unpaired) electrons. The van der Waals surface area contributed by atoms with Gasteiger partial charge < -0.3 is 0 Å². The van der Waals surface area contributed by atoms with Gasteiger partial charge in [-0.1, -0.05) is 4.13 Å². The van der Waals surface area contributed by atoms with Gasteiger partial charge in [-0.15, -0.1) is 0 Å². The molecule has 0 aliphatic heterocycles. The molecule has 19 heteroatoms. The molecule has 0 aromatic heterocycles. The quantitative estimate of drug-likeness (QED) is 0.677. The zero-order chi connectivity index (χ0) is 20.2. The van der Waals surface area contributed by atoms with E-state index in [0.29, 0.717) is 0 Å². The summed E-state index contributed by atoms with van der Waals surface area (Å²) in [6, 6.07) is 0. The lowest BCUT2D eigenvalue weighted by Gasteiger charge is -2.32. The average Bonchev–Trinajstić information content (AvgIpc) is 2.23. The van der Waals surface area contributed by atoms with Crippen LogP contribution in [-0.4, -0.2) is 45.6 Å². The van der Waals surface area contributed by atoms with Crippen molar-refractivity contribution < 1.29 is 69.5 Å². The second-order valence-electron chi connectivity index (χ2n) is 3.70. The van der Waals surface area contributed by atoms with Crippen molar-refractivity contribution in [1.82, 2.24) is 4.13 Å². The van der Waals surface area contributed by atoms with Gasteiger partial charge in [0.25, 0.3) is 10.0 Å². The highest BCUT2D eigenvalue weighted by Gasteiger charge is 2.85. The molecule has 0 aromatic carbocycles. The third-order valence-corrected chi connectivity index (χ3v) is 5.27. The lowest BCUT2D eigenvalue weighted by molar-refractivity contribution is -0.382. The number of halogens is 12. The minimum Gasteiger partial charge on any atom is -0.205 e. The van der Waals surface area contributed by atoms with Crippen LogP contribution in [0.4, 0.5) is 52.7 Å². The Kier molecular flexibility index (Phi) is 5.29. The highest BCUT2D eigenvalue weighted by Crippen LogP contribution is 2.54. The van der Waals surface area contributed by atoms with E-state index in [4.69, 9.17) is 0 Å². The van der Waals surface area contributed by atoms with Crippen LogP contribution in [-0.2, 0) is 20.0 Å². The van der Waals surface area contributed by atoms with Gasteiger partial charge in [-0.3, -0.25) is 0 Å². The van der Waals surface area contributed by atoms with Crippen LogP contribution in [0, 0.1) is 0 Å². The van der Waals surface area contributed by atoms with Gasteiger partial charge >= 0.3 is 38.8 Å². The molecular weight excluding hydrogens is 430 g/mol. The van der Waals surface area contributed by atoms with Gasteiger partial charge in [0.15, 0.2) is 0 Å². The van der Waals surface area contributed by atoms with Crippen molar-refractivity contribution in [2.24, 2.45) is 0 Å². The van der Waals surface area contributed by atoms with Crippen LogP contribution >= 0.6 is 0 Å². The Balaban J connectivity index is 6.26. The molecule has 146 valence electrons. The van der Waals surface area contributed by atoms with Crippen molar-refractivity contribution in [1.29, 1.82) is 0 Å². The molecule has 0 aromatic rings. The smallest absolute Gasteiger partial charge is 0.205 e. The average molecular weight is 431 g/mol. The van der Waals surface area contributed by atoms with Crippen molar-refractivity contribution in [3.63, 3.8) is 0 Å². The van der Waals surface area contributed by atoms with E-state index in [1.165, 1.54) is 0 Å². The van der Waals surface area contributed by atoms with E-state index in [9.17, 15) is 69.5 Å². The van der Waals surface area contributed by atoms with Crippen LogP contribution in [0.15, 0.2) is 0 Å². The van der Waals surface area contributed by atoms with Crippen LogP contribution < -0.4 is 4.13 Å². The Labute approximate surface area is 123 Å². The molecule has 0 aliphatic rings. The Morgan fingerprint density at radius 2 is 0.875 bits per heavy atom. The maximum Gasteiger partial charge on any atom is 0.512 e. The molecule has 0 bridgehead atoms. The first kappa shape index (κ1) is 23.0. The zero-order valence-electron chi connectivity index (χ0n) is 9.99. The molecule has 0 amide bonds. The normalized spacial score (nSPS) is 16.3. The van der Waals surface area contributed by atoms with Crippen LogP contribution in [0.2, 0.25) is 0 Å². The lowest BCUT2D eigenvalue weighted by atomic mass is 10.1. The topological polar surface area (TPSA) is 80.3 Å². The van der Waals surface area contributed by atoms with Gasteiger partial charge in [0, 0.05) is 0 Å². The summed E-state index contributed by atoms with van der Waals surface area (Å²) in [6.07, 6.45) is -7.46. The fraction of sp³-hybridized carbons (Fsp3) is 1.00. The van der Waals surface area contributed by atoms with Gasteiger partial charge in [0.1, 0.15) is 0 Å². The Morgan fingerprint density at radius 1 is 0.542 bits per heavy atom. The van der Waals surface area contributed by atoms with E-state index < -0.39 is 53.0 Å². The molecule has 0 saturated carbocycles. The summed E-state index contributed by atoms with van der Waals surface area (Å²) >= 11 is 0. The first-order valence-corrected chi connectivity index (χ1v) is 7.47. The maximum atomic E-state index is 12.9. The van der Waals surface area contributed by atoms with Crippen LogP contribution in [0.1, 0.15) is 0 Å². The molecule has 0 rings (SSSR count). The SMILES string of the molecule is O=S(=O)(NS(=O)(=O)C(F)(F)C(F)(F)C(F)(F)C(F)(F)F)C(F)(F)F. The molecule has 0 aliphatic carbocycles. The van der Waals surface area contributed by atoms with Crippen LogP contribution in [0.25, 0.3) is 0 Å². The maximum absolute atomic E-state index is 12.9. The monoisotopic (exact) mass is 431 g/mol. The molecule has 1 N–H and O–H groups in total. The van der Waals surface area contributed by atoms with Crippen molar-refractivity contribution in [2.75, 3.05) is 0 Å². The third-order valence-electron chi connectivity index (χ3n) is 1.98. The summed E-state index contributed by atoms with van der Waals surface area (Å²) in [7, 11) is -15.3.